The number of fused-ring (bicyclic) bond motifs is 3. The Hall–Kier alpha value is -2.74. The first-order chi connectivity index (χ1) is 15.2. The third-order valence-corrected chi connectivity index (χ3v) is 7.58. The molecule has 2 aliphatic rings. The summed E-state index contributed by atoms with van der Waals surface area (Å²) < 4.78 is 41.5. The molecule has 2 aromatic rings. The number of methoxy groups -OCH3 is 3. The molecule has 0 aliphatic heterocycles. The lowest BCUT2D eigenvalue weighted by atomic mass is 9.93. The minimum atomic E-state index is -3.42. The van der Waals surface area contributed by atoms with Gasteiger partial charge in [0.15, 0.2) is 21.3 Å². The van der Waals surface area contributed by atoms with Crippen LogP contribution < -0.4 is 19.5 Å². The van der Waals surface area contributed by atoms with Crippen molar-refractivity contribution in [3.05, 3.63) is 35.4 Å². The molecule has 8 heteroatoms. The summed E-state index contributed by atoms with van der Waals surface area (Å²) in [7, 11) is 1.28. The molecule has 0 saturated heterocycles. The van der Waals surface area contributed by atoms with E-state index in [2.05, 4.69) is 12.2 Å². The highest BCUT2D eigenvalue weighted by Crippen LogP contribution is 2.51. The molecule has 1 amide bonds. The maximum atomic E-state index is 12.8. The highest BCUT2D eigenvalue weighted by atomic mass is 32.2. The van der Waals surface area contributed by atoms with Gasteiger partial charge in [-0.3, -0.25) is 4.79 Å². The van der Waals surface area contributed by atoms with Crippen LogP contribution in [0.15, 0.2) is 29.2 Å². The zero-order valence-corrected chi connectivity index (χ0v) is 19.8. The summed E-state index contributed by atoms with van der Waals surface area (Å²) in [6, 6.07) is 6.68. The molecule has 1 saturated carbocycles. The fourth-order valence-corrected chi connectivity index (χ4v) is 5.21. The predicted octanol–water partition coefficient (Wildman–Crippen LogP) is 3.54. The van der Waals surface area contributed by atoms with Gasteiger partial charge in [-0.15, -0.1) is 0 Å². The Balaban J connectivity index is 1.92. The van der Waals surface area contributed by atoms with Crippen molar-refractivity contribution in [3.8, 4) is 28.4 Å². The van der Waals surface area contributed by atoms with E-state index < -0.39 is 9.84 Å². The third kappa shape index (κ3) is 3.92. The molecule has 172 valence electrons. The summed E-state index contributed by atoms with van der Waals surface area (Å²) in [5, 5.41) is 3.18. The number of hydrogen-bond donors (Lipinski definition) is 1. The average molecular weight is 460 g/mol. The average Bonchev–Trinajstić information content (AvgIpc) is 3.52. The number of aryl methyl sites for hydroxylation is 1. The first kappa shape index (κ1) is 22.5. The van der Waals surface area contributed by atoms with Gasteiger partial charge in [0.25, 0.3) is 0 Å². The first-order valence-corrected chi connectivity index (χ1v) is 12.5. The van der Waals surface area contributed by atoms with Crippen molar-refractivity contribution in [1.29, 1.82) is 0 Å². The van der Waals surface area contributed by atoms with Gasteiger partial charge in [0.05, 0.1) is 32.3 Å². The number of carbonyl (C=O) groups is 1. The van der Waals surface area contributed by atoms with E-state index in [-0.39, 0.29) is 22.8 Å². The summed E-state index contributed by atoms with van der Waals surface area (Å²) in [6.45, 7) is 2.06. The summed E-state index contributed by atoms with van der Waals surface area (Å²) in [4.78, 5) is 13.0. The van der Waals surface area contributed by atoms with Crippen molar-refractivity contribution in [2.24, 2.45) is 11.8 Å². The number of benzene rings is 2. The molecule has 0 heterocycles. The molecular formula is C24H29NO6S. The second-order valence-electron chi connectivity index (χ2n) is 8.62. The Bertz CT molecular complexity index is 1170. The maximum Gasteiger partial charge on any atom is 0.223 e. The van der Waals surface area contributed by atoms with Crippen LogP contribution in [0, 0.1) is 11.8 Å². The van der Waals surface area contributed by atoms with E-state index in [9.17, 15) is 13.2 Å². The van der Waals surface area contributed by atoms with E-state index >= 15 is 0 Å². The second-order valence-corrected chi connectivity index (χ2v) is 10.6. The van der Waals surface area contributed by atoms with E-state index in [1.807, 2.05) is 6.07 Å². The number of rotatable bonds is 6. The summed E-state index contributed by atoms with van der Waals surface area (Å²) in [5.41, 5.74) is 3.40. The summed E-state index contributed by atoms with van der Waals surface area (Å²) in [5.74, 6) is 1.99. The van der Waals surface area contributed by atoms with Crippen LogP contribution in [0.3, 0.4) is 0 Å². The van der Waals surface area contributed by atoms with Gasteiger partial charge in [-0.2, -0.15) is 0 Å². The first-order valence-electron chi connectivity index (χ1n) is 10.7. The topological polar surface area (TPSA) is 90.9 Å². The summed E-state index contributed by atoms with van der Waals surface area (Å²) in [6.07, 6.45) is 3.35. The zero-order valence-electron chi connectivity index (χ0n) is 19.0. The van der Waals surface area contributed by atoms with Crippen molar-refractivity contribution < 1.29 is 27.4 Å². The summed E-state index contributed by atoms with van der Waals surface area (Å²) >= 11 is 0. The molecule has 1 fully saturated rings. The Kier molecular flexibility index (Phi) is 5.83. The molecule has 2 unspecified atom stereocenters. The molecule has 0 aromatic heterocycles. The lowest BCUT2D eigenvalue weighted by Crippen LogP contribution is -2.30. The lowest BCUT2D eigenvalue weighted by molar-refractivity contribution is -0.123. The van der Waals surface area contributed by atoms with Crippen molar-refractivity contribution >= 4 is 15.7 Å². The highest BCUT2D eigenvalue weighted by molar-refractivity contribution is 7.90. The molecule has 7 nitrogen and oxygen atoms in total. The van der Waals surface area contributed by atoms with E-state index in [4.69, 9.17) is 14.2 Å². The van der Waals surface area contributed by atoms with Gasteiger partial charge in [0.2, 0.25) is 11.7 Å². The van der Waals surface area contributed by atoms with E-state index in [1.54, 1.807) is 39.5 Å². The SMILES string of the molecule is COc1cc2c(c(OC)c1OC)-c1ccc(S(C)(=O)=O)cc1[C@@H](NC(=O)C1CC1C)CC2. The molecule has 0 bridgehead atoms. The van der Waals surface area contributed by atoms with E-state index in [0.717, 1.165) is 28.7 Å². The molecule has 2 aliphatic carbocycles. The van der Waals surface area contributed by atoms with Crippen LogP contribution in [0.4, 0.5) is 0 Å². The number of amides is 1. The van der Waals surface area contributed by atoms with Crippen LogP contribution in [-0.4, -0.2) is 41.9 Å². The monoisotopic (exact) mass is 459 g/mol. The number of hydrogen-bond acceptors (Lipinski definition) is 6. The van der Waals surface area contributed by atoms with Crippen LogP contribution in [0.1, 0.15) is 36.9 Å². The quantitative estimate of drug-likeness (QED) is 0.711. The fourth-order valence-electron chi connectivity index (χ4n) is 4.56. The van der Waals surface area contributed by atoms with Gasteiger partial charge in [0.1, 0.15) is 0 Å². The molecule has 0 spiro atoms. The number of nitrogens with one attached hydrogen (secondary N) is 1. The molecule has 0 radical (unpaired) electrons. The van der Waals surface area contributed by atoms with Crippen molar-refractivity contribution in [1.82, 2.24) is 5.32 Å². The molecule has 3 atom stereocenters. The van der Waals surface area contributed by atoms with E-state index in [0.29, 0.717) is 36.0 Å². The molecule has 1 N–H and O–H groups in total. The van der Waals surface area contributed by atoms with Crippen LogP contribution in [0.5, 0.6) is 17.2 Å². The van der Waals surface area contributed by atoms with Crippen molar-refractivity contribution in [3.63, 3.8) is 0 Å². The van der Waals surface area contributed by atoms with E-state index in [1.165, 1.54) is 6.26 Å². The van der Waals surface area contributed by atoms with Gasteiger partial charge < -0.3 is 19.5 Å². The Labute approximate surface area is 189 Å². The van der Waals surface area contributed by atoms with Gasteiger partial charge in [0, 0.05) is 17.7 Å². The number of sulfone groups is 1. The highest BCUT2D eigenvalue weighted by Gasteiger charge is 2.40. The standard InChI is InChI=1S/C24H29NO6S/c1-13-10-17(13)24(26)25-19-9-6-14-11-20(29-2)22(30-3)23(31-4)21(14)16-8-7-15(12-18(16)19)32(5,27)28/h7-8,11-13,17,19H,6,9-10H2,1-5H3,(H,25,26)/t13?,17?,19-/m0/s1. The van der Waals surface area contributed by atoms with Gasteiger partial charge >= 0.3 is 0 Å². The number of carbonyl (C=O) groups excluding carboxylic acids is 1. The normalized spacial score (nSPS) is 21.6. The minimum Gasteiger partial charge on any atom is -0.493 e. The van der Waals surface area contributed by atoms with Gasteiger partial charge in [-0.1, -0.05) is 13.0 Å². The fraction of sp³-hybridized carbons (Fsp3) is 0.458. The number of ether oxygens (including phenoxy) is 3. The van der Waals surface area contributed by atoms with Gasteiger partial charge in [-0.25, -0.2) is 8.42 Å². The third-order valence-electron chi connectivity index (χ3n) is 6.47. The van der Waals surface area contributed by atoms with Crippen LogP contribution in [0.2, 0.25) is 0 Å². The zero-order chi connectivity index (χ0) is 23.2. The Morgan fingerprint density at radius 1 is 1.06 bits per heavy atom. The predicted molar refractivity (Wildman–Crippen MR) is 121 cm³/mol. The largest absolute Gasteiger partial charge is 0.493 e. The molecule has 32 heavy (non-hydrogen) atoms. The molecular weight excluding hydrogens is 430 g/mol. The van der Waals surface area contributed by atoms with Gasteiger partial charge in [-0.05, 0) is 60.1 Å². The lowest BCUT2D eigenvalue weighted by Gasteiger charge is -2.22. The van der Waals surface area contributed by atoms with Crippen LogP contribution >= 0.6 is 0 Å². The van der Waals surface area contributed by atoms with Crippen molar-refractivity contribution in [2.75, 3.05) is 27.6 Å². The Morgan fingerprint density at radius 2 is 1.75 bits per heavy atom. The van der Waals surface area contributed by atoms with Crippen LogP contribution in [-0.2, 0) is 21.1 Å². The maximum absolute atomic E-state index is 12.8. The minimum absolute atomic E-state index is 0.0197. The smallest absolute Gasteiger partial charge is 0.223 e. The Morgan fingerprint density at radius 3 is 2.31 bits per heavy atom. The molecule has 2 aromatic carbocycles. The second kappa shape index (κ2) is 8.31. The van der Waals surface area contributed by atoms with Crippen LogP contribution in [0.25, 0.3) is 11.1 Å². The van der Waals surface area contributed by atoms with Crippen molar-refractivity contribution in [2.45, 2.75) is 37.1 Å². The molecule has 4 rings (SSSR count).